The van der Waals surface area contributed by atoms with Gasteiger partial charge in [-0.1, -0.05) is 0 Å². The van der Waals surface area contributed by atoms with Crippen LogP contribution in [0.3, 0.4) is 0 Å². The summed E-state index contributed by atoms with van der Waals surface area (Å²) in [5.41, 5.74) is 0.257. The third-order valence-electron chi connectivity index (χ3n) is 2.82. The minimum atomic E-state index is -0.222. The van der Waals surface area contributed by atoms with E-state index in [1.807, 2.05) is 6.92 Å². The highest BCUT2D eigenvalue weighted by molar-refractivity contribution is 6.18. The molecule has 0 bridgehead atoms. The van der Waals surface area contributed by atoms with E-state index in [0.717, 1.165) is 0 Å². The molecule has 2 atom stereocenters. The Bertz CT molecular complexity index is 441. The summed E-state index contributed by atoms with van der Waals surface area (Å²) in [6, 6.07) is 1.51. The molecule has 0 radical (unpaired) electrons. The van der Waals surface area contributed by atoms with E-state index < -0.39 is 0 Å². The van der Waals surface area contributed by atoms with Crippen molar-refractivity contribution in [1.82, 2.24) is 9.88 Å². The molecule has 1 aliphatic rings. The summed E-state index contributed by atoms with van der Waals surface area (Å²) in [6.45, 7) is 2.83. The predicted molar refractivity (Wildman–Crippen MR) is 66.9 cm³/mol. The summed E-state index contributed by atoms with van der Waals surface area (Å²) in [5, 5.41) is 9.63. The smallest absolute Gasteiger partial charge is 0.257 e. The largest absolute Gasteiger partial charge is 0.505 e. The van der Waals surface area contributed by atoms with Crippen LogP contribution in [0.25, 0.3) is 0 Å². The van der Waals surface area contributed by atoms with E-state index in [1.165, 1.54) is 18.5 Å². The topological polar surface area (TPSA) is 62.7 Å². The van der Waals surface area contributed by atoms with Gasteiger partial charge in [0.15, 0.2) is 0 Å². The standard InChI is InChI=1S/C12H15ClN2O3/c1-8-6-15(7-9(4-13)18-8)12(17)10-2-3-14-5-11(10)16/h2-3,5,8-9,16H,4,6-7H2,1H3. The van der Waals surface area contributed by atoms with Crippen molar-refractivity contribution in [1.29, 1.82) is 0 Å². The molecule has 6 heteroatoms. The Labute approximate surface area is 110 Å². The molecule has 1 aromatic rings. The van der Waals surface area contributed by atoms with Crippen LogP contribution in [0.2, 0.25) is 0 Å². The van der Waals surface area contributed by atoms with Crippen molar-refractivity contribution < 1.29 is 14.6 Å². The second-order valence-electron chi connectivity index (χ2n) is 4.33. The van der Waals surface area contributed by atoms with Gasteiger partial charge in [-0.05, 0) is 13.0 Å². The number of morpholine rings is 1. The minimum Gasteiger partial charge on any atom is -0.505 e. The number of halogens is 1. The van der Waals surface area contributed by atoms with E-state index in [0.29, 0.717) is 19.0 Å². The molecule has 1 saturated heterocycles. The highest BCUT2D eigenvalue weighted by Gasteiger charge is 2.29. The molecule has 1 fully saturated rings. The van der Waals surface area contributed by atoms with E-state index in [9.17, 15) is 9.90 Å². The van der Waals surface area contributed by atoms with Gasteiger partial charge in [0.2, 0.25) is 0 Å². The first-order valence-corrected chi connectivity index (χ1v) is 6.29. The van der Waals surface area contributed by atoms with Gasteiger partial charge < -0.3 is 14.7 Å². The van der Waals surface area contributed by atoms with Crippen LogP contribution in [0, 0.1) is 0 Å². The second-order valence-corrected chi connectivity index (χ2v) is 4.63. The Hall–Kier alpha value is -1.33. The van der Waals surface area contributed by atoms with Crippen molar-refractivity contribution in [2.45, 2.75) is 19.1 Å². The van der Waals surface area contributed by atoms with E-state index in [1.54, 1.807) is 4.90 Å². The number of nitrogens with zero attached hydrogens (tertiary/aromatic N) is 2. The third-order valence-corrected chi connectivity index (χ3v) is 3.16. The Morgan fingerprint density at radius 2 is 2.44 bits per heavy atom. The van der Waals surface area contributed by atoms with Crippen LogP contribution in [0.4, 0.5) is 0 Å². The van der Waals surface area contributed by atoms with Gasteiger partial charge in [-0.25, -0.2) is 0 Å². The van der Waals surface area contributed by atoms with Gasteiger partial charge in [-0.2, -0.15) is 0 Å². The Morgan fingerprint density at radius 1 is 1.67 bits per heavy atom. The van der Waals surface area contributed by atoms with E-state index >= 15 is 0 Å². The average molecular weight is 271 g/mol. The number of pyridine rings is 1. The SMILES string of the molecule is CC1CN(C(=O)c2ccncc2O)CC(CCl)O1. The van der Waals surface area contributed by atoms with Gasteiger partial charge in [-0.15, -0.1) is 11.6 Å². The van der Waals surface area contributed by atoms with Crippen LogP contribution in [-0.2, 0) is 4.74 Å². The van der Waals surface area contributed by atoms with Crippen LogP contribution >= 0.6 is 11.6 Å². The summed E-state index contributed by atoms with van der Waals surface area (Å²) in [7, 11) is 0. The zero-order chi connectivity index (χ0) is 13.1. The number of alkyl halides is 1. The lowest BCUT2D eigenvalue weighted by atomic mass is 10.1. The van der Waals surface area contributed by atoms with Crippen molar-refractivity contribution in [3.8, 4) is 5.75 Å². The molecule has 0 aromatic carbocycles. The number of aromatic nitrogens is 1. The first-order chi connectivity index (χ1) is 8.61. The number of rotatable bonds is 2. The van der Waals surface area contributed by atoms with Crippen LogP contribution in [0.1, 0.15) is 17.3 Å². The minimum absolute atomic E-state index is 0.0598. The molecule has 18 heavy (non-hydrogen) atoms. The van der Waals surface area contributed by atoms with Crippen LogP contribution in [0.5, 0.6) is 5.75 Å². The van der Waals surface area contributed by atoms with Crippen LogP contribution in [-0.4, -0.2) is 52.1 Å². The summed E-state index contributed by atoms with van der Waals surface area (Å²) < 4.78 is 5.58. The zero-order valence-corrected chi connectivity index (χ0v) is 10.8. The number of carbonyl (C=O) groups is 1. The Balaban J connectivity index is 2.16. The first kappa shape index (κ1) is 13.1. The average Bonchev–Trinajstić information content (AvgIpc) is 2.37. The fraction of sp³-hybridized carbons (Fsp3) is 0.500. The van der Waals surface area contributed by atoms with Crippen molar-refractivity contribution in [3.05, 3.63) is 24.0 Å². The van der Waals surface area contributed by atoms with Crippen molar-refractivity contribution in [3.63, 3.8) is 0 Å². The quantitative estimate of drug-likeness (QED) is 0.822. The Kier molecular flexibility index (Phi) is 4.04. The molecular weight excluding hydrogens is 256 g/mol. The molecule has 1 N–H and O–H groups in total. The number of amides is 1. The monoisotopic (exact) mass is 270 g/mol. The number of ether oxygens (including phenoxy) is 1. The van der Waals surface area contributed by atoms with Crippen molar-refractivity contribution in [2.24, 2.45) is 0 Å². The summed E-state index contributed by atoms with van der Waals surface area (Å²) in [5.74, 6) is 0.0143. The van der Waals surface area contributed by atoms with Crippen molar-refractivity contribution in [2.75, 3.05) is 19.0 Å². The van der Waals surface area contributed by atoms with Crippen LogP contribution < -0.4 is 0 Å². The van der Waals surface area contributed by atoms with Crippen molar-refractivity contribution >= 4 is 17.5 Å². The summed E-state index contributed by atoms with van der Waals surface area (Å²) in [4.78, 5) is 17.7. The number of carbonyl (C=O) groups excluding carboxylic acids is 1. The van der Waals surface area contributed by atoms with E-state index in [4.69, 9.17) is 16.3 Å². The molecule has 2 unspecified atom stereocenters. The number of hydrogen-bond donors (Lipinski definition) is 1. The summed E-state index contributed by atoms with van der Waals surface area (Å²) in [6.07, 6.45) is 2.52. The zero-order valence-electron chi connectivity index (χ0n) is 10.0. The van der Waals surface area contributed by atoms with Gasteiger partial charge >= 0.3 is 0 Å². The first-order valence-electron chi connectivity index (χ1n) is 5.75. The number of hydrogen-bond acceptors (Lipinski definition) is 4. The fourth-order valence-electron chi connectivity index (χ4n) is 2.03. The maximum atomic E-state index is 12.3. The Morgan fingerprint density at radius 3 is 3.11 bits per heavy atom. The van der Waals surface area contributed by atoms with Crippen LogP contribution in [0.15, 0.2) is 18.5 Å². The molecule has 2 heterocycles. The highest BCUT2D eigenvalue weighted by atomic mass is 35.5. The maximum absolute atomic E-state index is 12.3. The molecule has 1 aliphatic heterocycles. The molecule has 0 saturated carbocycles. The molecule has 2 rings (SSSR count). The molecule has 98 valence electrons. The van der Waals surface area contributed by atoms with Gasteiger partial charge in [0.1, 0.15) is 5.75 Å². The molecule has 1 aromatic heterocycles. The fourth-order valence-corrected chi connectivity index (χ4v) is 2.20. The molecular formula is C12H15ClN2O3. The van der Waals surface area contributed by atoms with Gasteiger partial charge in [0.25, 0.3) is 5.91 Å². The molecule has 0 spiro atoms. The van der Waals surface area contributed by atoms with Gasteiger partial charge in [0, 0.05) is 19.3 Å². The third kappa shape index (κ3) is 2.73. The normalized spacial score (nSPS) is 24.0. The van der Waals surface area contributed by atoms with E-state index in [-0.39, 0.29) is 29.4 Å². The lowest BCUT2D eigenvalue weighted by Gasteiger charge is -2.36. The molecule has 0 aliphatic carbocycles. The molecule has 1 amide bonds. The lowest BCUT2D eigenvalue weighted by Crippen LogP contribution is -2.49. The van der Waals surface area contributed by atoms with Gasteiger partial charge in [0.05, 0.1) is 29.8 Å². The number of aromatic hydroxyl groups is 1. The van der Waals surface area contributed by atoms with E-state index in [2.05, 4.69) is 4.98 Å². The molecule has 5 nitrogen and oxygen atoms in total. The highest BCUT2D eigenvalue weighted by Crippen LogP contribution is 2.20. The second kappa shape index (κ2) is 5.54. The maximum Gasteiger partial charge on any atom is 0.257 e. The lowest BCUT2D eigenvalue weighted by molar-refractivity contribution is -0.0571. The predicted octanol–water partition coefficient (Wildman–Crippen LogP) is 1.26. The van der Waals surface area contributed by atoms with Gasteiger partial charge in [-0.3, -0.25) is 9.78 Å². The summed E-state index contributed by atoms with van der Waals surface area (Å²) >= 11 is 5.77.